The molecule has 0 amide bonds. The highest BCUT2D eigenvalue weighted by Crippen LogP contribution is 2.16. The van der Waals surface area contributed by atoms with Gasteiger partial charge in [-0.05, 0) is 31.0 Å². The van der Waals surface area contributed by atoms with Crippen molar-refractivity contribution in [2.24, 2.45) is 5.92 Å². The summed E-state index contributed by atoms with van der Waals surface area (Å²) >= 11 is 4.96. The first-order valence-corrected chi connectivity index (χ1v) is 5.13. The van der Waals surface area contributed by atoms with Crippen molar-refractivity contribution in [2.45, 2.75) is 19.4 Å². The van der Waals surface area contributed by atoms with Crippen LogP contribution in [0.3, 0.4) is 0 Å². The van der Waals surface area contributed by atoms with Crippen molar-refractivity contribution in [1.82, 2.24) is 14.8 Å². The fourth-order valence-electron chi connectivity index (χ4n) is 1.66. The van der Waals surface area contributed by atoms with Gasteiger partial charge in [0.15, 0.2) is 4.77 Å². The predicted octanol–water partition coefficient (Wildman–Crippen LogP) is 0.661. The van der Waals surface area contributed by atoms with E-state index in [4.69, 9.17) is 17.0 Å². The summed E-state index contributed by atoms with van der Waals surface area (Å²) in [6.45, 7) is 2.33. The van der Waals surface area contributed by atoms with Crippen LogP contribution in [0.4, 0.5) is 0 Å². The summed E-state index contributed by atoms with van der Waals surface area (Å²) in [4.78, 5) is 11.2. The summed E-state index contributed by atoms with van der Waals surface area (Å²) in [6.07, 6.45) is 2.05. The van der Waals surface area contributed by atoms with E-state index in [1.54, 1.807) is 4.57 Å². The molecule has 14 heavy (non-hydrogen) atoms. The van der Waals surface area contributed by atoms with Crippen LogP contribution in [0.1, 0.15) is 12.8 Å². The Morgan fingerprint density at radius 3 is 3.00 bits per heavy atom. The smallest absolute Gasteiger partial charge is 0.342 e. The number of nitrogens with one attached hydrogen (secondary N) is 2. The molecule has 0 aliphatic carbocycles. The van der Waals surface area contributed by atoms with Gasteiger partial charge in [-0.3, -0.25) is 9.67 Å². The van der Waals surface area contributed by atoms with Gasteiger partial charge in [0.1, 0.15) is 0 Å². The number of hydrogen-bond acceptors (Lipinski definition) is 3. The lowest BCUT2D eigenvalue weighted by Crippen LogP contribution is -2.18. The van der Waals surface area contributed by atoms with Crippen LogP contribution in [0.25, 0.3) is 0 Å². The van der Waals surface area contributed by atoms with Gasteiger partial charge >= 0.3 is 5.69 Å². The van der Waals surface area contributed by atoms with Gasteiger partial charge in [-0.1, -0.05) is 0 Å². The third-order valence-corrected chi connectivity index (χ3v) is 2.87. The van der Waals surface area contributed by atoms with Gasteiger partial charge in [0.25, 0.3) is 0 Å². The first-order valence-electron chi connectivity index (χ1n) is 4.72. The second kappa shape index (κ2) is 4.10. The highest BCUT2D eigenvalue weighted by atomic mass is 32.1. The van der Waals surface area contributed by atoms with Crippen LogP contribution in [-0.2, 0) is 11.3 Å². The second-order valence-electron chi connectivity index (χ2n) is 3.53. The number of aromatic nitrogens is 3. The van der Waals surface area contributed by atoms with E-state index in [0.717, 1.165) is 26.1 Å². The minimum atomic E-state index is -0.158. The van der Waals surface area contributed by atoms with Crippen LogP contribution in [0.5, 0.6) is 0 Å². The Labute approximate surface area is 86.1 Å². The average molecular weight is 215 g/mol. The van der Waals surface area contributed by atoms with Crippen LogP contribution in [0.2, 0.25) is 0 Å². The monoisotopic (exact) mass is 215 g/mol. The summed E-state index contributed by atoms with van der Waals surface area (Å²) in [5, 5.41) is 5.08. The minimum absolute atomic E-state index is 0.158. The molecule has 1 aromatic heterocycles. The molecule has 78 valence electrons. The molecule has 2 heterocycles. The summed E-state index contributed by atoms with van der Waals surface area (Å²) in [5.74, 6) is 0.575. The van der Waals surface area contributed by atoms with Gasteiger partial charge in [0, 0.05) is 19.8 Å². The van der Waals surface area contributed by atoms with E-state index >= 15 is 0 Å². The molecule has 1 atom stereocenters. The highest BCUT2D eigenvalue weighted by molar-refractivity contribution is 7.71. The number of hydrogen-bond donors (Lipinski definition) is 2. The molecule has 1 aliphatic rings. The lowest BCUT2D eigenvalue weighted by molar-refractivity contribution is 0.183. The summed E-state index contributed by atoms with van der Waals surface area (Å²) < 4.78 is 7.27. The van der Waals surface area contributed by atoms with Crippen molar-refractivity contribution in [3.8, 4) is 0 Å². The molecule has 0 aromatic carbocycles. The molecular weight excluding hydrogens is 202 g/mol. The molecule has 1 fully saturated rings. The SMILES string of the molecule is O=c1[nH][nH]c(=S)n1CCC1CCOC1. The molecule has 6 heteroatoms. The van der Waals surface area contributed by atoms with Crippen LogP contribution in [0, 0.1) is 10.7 Å². The third kappa shape index (κ3) is 1.96. The van der Waals surface area contributed by atoms with Crippen molar-refractivity contribution < 1.29 is 4.74 Å². The zero-order chi connectivity index (χ0) is 9.97. The second-order valence-corrected chi connectivity index (χ2v) is 3.92. The minimum Gasteiger partial charge on any atom is -0.381 e. The largest absolute Gasteiger partial charge is 0.381 e. The Bertz CT molecular complexity index is 372. The number of rotatable bonds is 3. The van der Waals surface area contributed by atoms with Crippen LogP contribution < -0.4 is 5.69 Å². The van der Waals surface area contributed by atoms with E-state index in [9.17, 15) is 4.79 Å². The fraction of sp³-hybridized carbons (Fsp3) is 0.750. The van der Waals surface area contributed by atoms with Gasteiger partial charge in [-0.15, -0.1) is 0 Å². The summed E-state index contributed by atoms with van der Waals surface area (Å²) in [7, 11) is 0. The number of ether oxygens (including phenoxy) is 1. The standard InChI is InChI=1S/C8H13N3O2S/c12-7-9-10-8(14)11(7)3-1-6-2-4-13-5-6/h6H,1-5H2,(H,9,12)(H,10,14). The topological polar surface area (TPSA) is 62.8 Å². The molecule has 1 aliphatic heterocycles. The van der Waals surface area contributed by atoms with Crippen molar-refractivity contribution >= 4 is 12.2 Å². The quantitative estimate of drug-likeness (QED) is 0.728. The summed E-state index contributed by atoms with van der Waals surface area (Å²) in [5.41, 5.74) is -0.158. The number of H-pyrrole nitrogens is 2. The maximum atomic E-state index is 11.2. The molecule has 1 aromatic rings. The zero-order valence-corrected chi connectivity index (χ0v) is 8.60. The van der Waals surface area contributed by atoms with Gasteiger partial charge in [-0.25, -0.2) is 9.89 Å². The molecule has 0 radical (unpaired) electrons. The van der Waals surface area contributed by atoms with E-state index in [0.29, 0.717) is 17.2 Å². The Morgan fingerprint density at radius 2 is 2.43 bits per heavy atom. The molecule has 0 bridgehead atoms. The highest BCUT2D eigenvalue weighted by Gasteiger charge is 2.15. The fourth-order valence-corrected chi connectivity index (χ4v) is 1.89. The Balaban J connectivity index is 1.97. The number of nitrogens with zero attached hydrogens (tertiary/aromatic N) is 1. The van der Waals surface area contributed by atoms with Gasteiger partial charge in [0.2, 0.25) is 0 Å². The Hall–Kier alpha value is -0.880. The third-order valence-electron chi connectivity index (χ3n) is 2.55. The maximum absolute atomic E-state index is 11.2. The predicted molar refractivity (Wildman–Crippen MR) is 53.8 cm³/mol. The Morgan fingerprint density at radius 1 is 1.57 bits per heavy atom. The van der Waals surface area contributed by atoms with Crippen LogP contribution in [-0.4, -0.2) is 28.0 Å². The summed E-state index contributed by atoms with van der Waals surface area (Å²) in [6, 6.07) is 0. The van der Waals surface area contributed by atoms with Gasteiger partial charge in [0.05, 0.1) is 0 Å². The van der Waals surface area contributed by atoms with Crippen molar-refractivity contribution in [3.63, 3.8) is 0 Å². The zero-order valence-electron chi connectivity index (χ0n) is 7.78. The molecular formula is C8H13N3O2S. The van der Waals surface area contributed by atoms with Crippen molar-refractivity contribution in [1.29, 1.82) is 0 Å². The maximum Gasteiger partial charge on any atom is 0.342 e. The van der Waals surface area contributed by atoms with Crippen molar-refractivity contribution in [2.75, 3.05) is 13.2 Å². The van der Waals surface area contributed by atoms with Gasteiger partial charge < -0.3 is 4.74 Å². The van der Waals surface area contributed by atoms with E-state index in [1.807, 2.05) is 0 Å². The molecule has 1 unspecified atom stereocenters. The normalized spacial score (nSPS) is 21.6. The molecule has 2 rings (SSSR count). The molecule has 5 nitrogen and oxygen atoms in total. The lowest BCUT2D eigenvalue weighted by atomic mass is 10.1. The van der Waals surface area contributed by atoms with Crippen LogP contribution >= 0.6 is 12.2 Å². The molecule has 2 N–H and O–H groups in total. The average Bonchev–Trinajstić information content (AvgIpc) is 2.76. The van der Waals surface area contributed by atoms with E-state index in [-0.39, 0.29) is 5.69 Å². The lowest BCUT2D eigenvalue weighted by Gasteiger charge is -2.05. The van der Waals surface area contributed by atoms with E-state index in [2.05, 4.69) is 10.2 Å². The Kier molecular flexibility index (Phi) is 2.83. The van der Waals surface area contributed by atoms with Crippen molar-refractivity contribution in [3.05, 3.63) is 15.3 Å². The van der Waals surface area contributed by atoms with Crippen LogP contribution in [0.15, 0.2) is 4.79 Å². The van der Waals surface area contributed by atoms with Gasteiger partial charge in [-0.2, -0.15) is 0 Å². The van der Waals surface area contributed by atoms with E-state index in [1.165, 1.54) is 0 Å². The van der Waals surface area contributed by atoms with E-state index < -0.39 is 0 Å². The number of aromatic amines is 2. The first kappa shape index (κ1) is 9.67. The molecule has 1 saturated heterocycles. The molecule has 0 saturated carbocycles. The first-order chi connectivity index (χ1) is 6.77. The molecule has 0 spiro atoms.